The summed E-state index contributed by atoms with van der Waals surface area (Å²) in [5.74, 6) is 1.57. The molecular formula is C16H18O3. The highest BCUT2D eigenvalue weighted by Crippen LogP contribution is 2.25. The van der Waals surface area contributed by atoms with Crippen molar-refractivity contribution in [2.45, 2.75) is 20.1 Å². The Morgan fingerprint density at radius 2 is 1.89 bits per heavy atom. The van der Waals surface area contributed by atoms with E-state index in [1.165, 1.54) is 0 Å². The Hall–Kier alpha value is -2.00. The summed E-state index contributed by atoms with van der Waals surface area (Å²) >= 11 is 0. The second-order valence-electron chi connectivity index (χ2n) is 4.36. The first-order valence-electron chi connectivity index (χ1n) is 6.19. The first-order valence-corrected chi connectivity index (χ1v) is 6.19. The molecule has 0 saturated heterocycles. The van der Waals surface area contributed by atoms with E-state index in [2.05, 4.69) is 0 Å². The van der Waals surface area contributed by atoms with Crippen LogP contribution in [0.15, 0.2) is 42.5 Å². The van der Waals surface area contributed by atoms with Gasteiger partial charge in [-0.25, -0.2) is 0 Å². The smallest absolute Gasteiger partial charge is 0.128 e. The zero-order valence-corrected chi connectivity index (χ0v) is 11.2. The number of rotatable bonds is 5. The lowest BCUT2D eigenvalue weighted by atomic mass is 10.1. The van der Waals surface area contributed by atoms with Crippen LogP contribution >= 0.6 is 0 Å². The molecule has 0 amide bonds. The number of aryl methyl sites for hydroxylation is 1. The molecular weight excluding hydrogens is 240 g/mol. The van der Waals surface area contributed by atoms with E-state index in [9.17, 15) is 5.11 Å². The molecule has 0 radical (unpaired) electrons. The third-order valence-corrected chi connectivity index (χ3v) is 2.98. The average molecular weight is 258 g/mol. The van der Waals surface area contributed by atoms with Crippen molar-refractivity contribution in [3.05, 3.63) is 59.2 Å². The van der Waals surface area contributed by atoms with Gasteiger partial charge in [0, 0.05) is 5.56 Å². The van der Waals surface area contributed by atoms with E-state index in [1.54, 1.807) is 7.11 Å². The third-order valence-electron chi connectivity index (χ3n) is 2.98. The number of aliphatic hydroxyl groups is 1. The highest BCUT2D eigenvalue weighted by Gasteiger charge is 2.06. The summed E-state index contributed by atoms with van der Waals surface area (Å²) in [5.41, 5.74) is 2.86. The van der Waals surface area contributed by atoms with Gasteiger partial charge in [0.1, 0.15) is 18.1 Å². The van der Waals surface area contributed by atoms with Gasteiger partial charge in [-0.05, 0) is 30.2 Å². The first kappa shape index (κ1) is 13.4. The molecule has 2 aromatic rings. The van der Waals surface area contributed by atoms with Gasteiger partial charge >= 0.3 is 0 Å². The highest BCUT2D eigenvalue weighted by molar-refractivity contribution is 5.40. The van der Waals surface area contributed by atoms with E-state index in [0.717, 1.165) is 28.2 Å². The Labute approximate surface area is 113 Å². The summed E-state index contributed by atoms with van der Waals surface area (Å²) in [6.45, 7) is 2.41. The van der Waals surface area contributed by atoms with E-state index < -0.39 is 0 Å². The molecule has 0 atom stereocenters. The van der Waals surface area contributed by atoms with Crippen LogP contribution in [-0.4, -0.2) is 12.2 Å². The van der Waals surface area contributed by atoms with Crippen molar-refractivity contribution in [3.8, 4) is 11.5 Å². The molecule has 1 N–H and O–H groups in total. The molecule has 0 aromatic heterocycles. The summed E-state index contributed by atoms with van der Waals surface area (Å²) in [4.78, 5) is 0. The quantitative estimate of drug-likeness (QED) is 0.895. The standard InChI is InChI=1S/C16H18O3/c1-12-5-3-7-14(10-17)16(12)19-11-13-6-4-8-15(9-13)18-2/h3-9,17H,10-11H2,1-2H3. The van der Waals surface area contributed by atoms with Crippen LogP contribution in [-0.2, 0) is 13.2 Å². The van der Waals surface area contributed by atoms with Crippen LogP contribution in [0.25, 0.3) is 0 Å². The van der Waals surface area contributed by atoms with Crippen molar-refractivity contribution in [1.82, 2.24) is 0 Å². The highest BCUT2D eigenvalue weighted by atomic mass is 16.5. The maximum atomic E-state index is 9.32. The number of benzene rings is 2. The Morgan fingerprint density at radius 1 is 1.11 bits per heavy atom. The van der Waals surface area contributed by atoms with Crippen LogP contribution in [0.3, 0.4) is 0 Å². The first-order chi connectivity index (χ1) is 9.24. The van der Waals surface area contributed by atoms with Crippen molar-refractivity contribution >= 4 is 0 Å². The van der Waals surface area contributed by atoms with Crippen LogP contribution in [0.1, 0.15) is 16.7 Å². The molecule has 2 aromatic carbocycles. The predicted molar refractivity (Wildman–Crippen MR) is 74.4 cm³/mol. The summed E-state index contributed by atoms with van der Waals surface area (Å²) in [7, 11) is 1.64. The Kier molecular flexibility index (Phi) is 4.42. The Morgan fingerprint density at radius 3 is 2.63 bits per heavy atom. The van der Waals surface area contributed by atoms with Gasteiger partial charge in [-0.15, -0.1) is 0 Å². The molecule has 0 spiro atoms. The maximum Gasteiger partial charge on any atom is 0.128 e. The number of methoxy groups -OCH3 is 1. The molecule has 3 heteroatoms. The molecule has 0 aliphatic rings. The maximum absolute atomic E-state index is 9.32. The molecule has 2 rings (SSSR count). The van der Waals surface area contributed by atoms with Gasteiger partial charge in [0.2, 0.25) is 0 Å². The zero-order valence-electron chi connectivity index (χ0n) is 11.2. The number of hydrogen-bond acceptors (Lipinski definition) is 3. The van der Waals surface area contributed by atoms with Gasteiger partial charge in [0.15, 0.2) is 0 Å². The second-order valence-corrected chi connectivity index (χ2v) is 4.36. The molecule has 0 aliphatic carbocycles. The number of ether oxygens (including phenoxy) is 2. The minimum atomic E-state index is -0.0187. The fourth-order valence-electron chi connectivity index (χ4n) is 1.96. The van der Waals surface area contributed by atoms with E-state index in [1.807, 2.05) is 49.4 Å². The van der Waals surface area contributed by atoms with E-state index in [-0.39, 0.29) is 6.61 Å². The molecule has 0 fully saturated rings. The molecule has 19 heavy (non-hydrogen) atoms. The van der Waals surface area contributed by atoms with Crippen LogP contribution in [0.4, 0.5) is 0 Å². The minimum absolute atomic E-state index is 0.0187. The SMILES string of the molecule is COc1cccc(COc2c(C)cccc2CO)c1. The molecule has 0 bridgehead atoms. The molecule has 0 aliphatic heterocycles. The fraction of sp³-hybridized carbons (Fsp3) is 0.250. The topological polar surface area (TPSA) is 38.7 Å². The average Bonchev–Trinajstić information content (AvgIpc) is 2.46. The number of aliphatic hydroxyl groups excluding tert-OH is 1. The predicted octanol–water partition coefficient (Wildman–Crippen LogP) is 3.07. The second kappa shape index (κ2) is 6.25. The van der Waals surface area contributed by atoms with Crippen molar-refractivity contribution in [3.63, 3.8) is 0 Å². The van der Waals surface area contributed by atoms with Crippen LogP contribution < -0.4 is 9.47 Å². The number of para-hydroxylation sites is 1. The number of hydrogen-bond donors (Lipinski definition) is 1. The van der Waals surface area contributed by atoms with Crippen molar-refractivity contribution < 1.29 is 14.6 Å². The van der Waals surface area contributed by atoms with Crippen molar-refractivity contribution in [2.24, 2.45) is 0 Å². The summed E-state index contributed by atoms with van der Waals surface area (Å²) in [6, 6.07) is 13.5. The van der Waals surface area contributed by atoms with Crippen molar-refractivity contribution in [2.75, 3.05) is 7.11 Å². The summed E-state index contributed by atoms with van der Waals surface area (Å²) in [5, 5.41) is 9.32. The molecule has 100 valence electrons. The molecule has 0 unspecified atom stereocenters. The monoisotopic (exact) mass is 258 g/mol. The zero-order chi connectivity index (χ0) is 13.7. The van der Waals surface area contributed by atoms with Gasteiger partial charge in [0.05, 0.1) is 13.7 Å². The largest absolute Gasteiger partial charge is 0.497 e. The summed E-state index contributed by atoms with van der Waals surface area (Å²) in [6.07, 6.45) is 0. The van der Waals surface area contributed by atoms with Crippen LogP contribution in [0, 0.1) is 6.92 Å². The Balaban J connectivity index is 2.14. The molecule has 3 nitrogen and oxygen atoms in total. The van der Waals surface area contributed by atoms with E-state index in [4.69, 9.17) is 9.47 Å². The van der Waals surface area contributed by atoms with E-state index >= 15 is 0 Å². The summed E-state index contributed by atoms with van der Waals surface area (Å²) < 4.78 is 11.0. The third kappa shape index (κ3) is 3.26. The molecule has 0 saturated carbocycles. The lowest BCUT2D eigenvalue weighted by molar-refractivity contribution is 0.258. The van der Waals surface area contributed by atoms with Crippen LogP contribution in [0.2, 0.25) is 0 Å². The normalized spacial score (nSPS) is 10.3. The minimum Gasteiger partial charge on any atom is -0.497 e. The van der Waals surface area contributed by atoms with Gasteiger partial charge in [0.25, 0.3) is 0 Å². The van der Waals surface area contributed by atoms with Crippen LogP contribution in [0.5, 0.6) is 11.5 Å². The lowest BCUT2D eigenvalue weighted by Crippen LogP contribution is -2.01. The molecule has 0 heterocycles. The van der Waals surface area contributed by atoms with Crippen molar-refractivity contribution in [1.29, 1.82) is 0 Å². The van der Waals surface area contributed by atoms with Gasteiger partial charge in [-0.1, -0.05) is 30.3 Å². The van der Waals surface area contributed by atoms with E-state index in [0.29, 0.717) is 6.61 Å². The van der Waals surface area contributed by atoms with Gasteiger partial charge in [-0.2, -0.15) is 0 Å². The lowest BCUT2D eigenvalue weighted by Gasteiger charge is -2.13. The fourth-order valence-corrected chi connectivity index (χ4v) is 1.96. The Bertz CT molecular complexity index is 549. The van der Waals surface area contributed by atoms with Gasteiger partial charge in [-0.3, -0.25) is 0 Å². The van der Waals surface area contributed by atoms with Gasteiger partial charge < -0.3 is 14.6 Å².